The number of carbonyl (C=O) groups excluding carboxylic acids is 1. The maximum absolute atomic E-state index is 12.2. The van der Waals surface area contributed by atoms with E-state index in [1.165, 1.54) is 0 Å². The standard InChI is InChI=1S/C15H20F2N2O2.ClH/c1-10-4-5-11(8-12(10)21-9-13(16)17)19-14(20)15(18)6-2-3-7-15;/h4-5,8,13H,2-3,6-7,9,18H2,1H3,(H,19,20);1H. The maximum Gasteiger partial charge on any atom is 0.272 e. The predicted octanol–water partition coefficient (Wildman–Crippen LogP) is 3.27. The fraction of sp³-hybridized carbons (Fsp3) is 0.533. The zero-order chi connectivity index (χ0) is 15.5. The molecule has 1 aliphatic rings. The van der Waals surface area contributed by atoms with Crippen LogP contribution in [0.3, 0.4) is 0 Å². The van der Waals surface area contributed by atoms with Crippen LogP contribution in [0.5, 0.6) is 5.75 Å². The summed E-state index contributed by atoms with van der Waals surface area (Å²) < 4.78 is 29.5. The second-order valence-electron chi connectivity index (χ2n) is 5.50. The number of hydrogen-bond acceptors (Lipinski definition) is 3. The van der Waals surface area contributed by atoms with Gasteiger partial charge in [-0.2, -0.15) is 0 Å². The molecule has 124 valence electrons. The third-order valence-corrected chi connectivity index (χ3v) is 3.76. The smallest absolute Gasteiger partial charge is 0.272 e. The Morgan fingerprint density at radius 1 is 1.41 bits per heavy atom. The Labute approximate surface area is 134 Å². The van der Waals surface area contributed by atoms with E-state index in [2.05, 4.69) is 5.32 Å². The van der Waals surface area contributed by atoms with E-state index in [4.69, 9.17) is 10.5 Å². The molecule has 1 amide bonds. The van der Waals surface area contributed by atoms with E-state index in [0.29, 0.717) is 24.3 Å². The van der Waals surface area contributed by atoms with E-state index in [1.54, 1.807) is 25.1 Å². The Balaban J connectivity index is 0.00000242. The maximum atomic E-state index is 12.2. The molecule has 0 atom stereocenters. The number of nitrogens with two attached hydrogens (primary N) is 1. The highest BCUT2D eigenvalue weighted by molar-refractivity contribution is 5.98. The van der Waals surface area contributed by atoms with Crippen LogP contribution in [0.4, 0.5) is 14.5 Å². The lowest BCUT2D eigenvalue weighted by molar-refractivity contribution is -0.121. The van der Waals surface area contributed by atoms with Gasteiger partial charge in [-0.25, -0.2) is 8.78 Å². The lowest BCUT2D eigenvalue weighted by atomic mass is 9.98. The molecule has 1 aromatic rings. The van der Waals surface area contributed by atoms with E-state index < -0.39 is 18.6 Å². The fourth-order valence-corrected chi connectivity index (χ4v) is 2.47. The van der Waals surface area contributed by atoms with Crippen molar-refractivity contribution in [3.8, 4) is 5.75 Å². The van der Waals surface area contributed by atoms with Gasteiger partial charge < -0.3 is 15.8 Å². The van der Waals surface area contributed by atoms with E-state index in [9.17, 15) is 13.6 Å². The first-order valence-electron chi connectivity index (χ1n) is 7.03. The normalized spacial score (nSPS) is 16.2. The molecule has 2 rings (SSSR count). The fourth-order valence-electron chi connectivity index (χ4n) is 2.47. The number of aryl methyl sites for hydroxylation is 1. The Kier molecular flexibility index (Phi) is 6.56. The highest BCUT2D eigenvalue weighted by Crippen LogP contribution is 2.29. The van der Waals surface area contributed by atoms with Crippen LogP contribution in [-0.4, -0.2) is 24.5 Å². The van der Waals surface area contributed by atoms with Gasteiger partial charge in [-0.3, -0.25) is 4.79 Å². The number of carbonyl (C=O) groups is 1. The van der Waals surface area contributed by atoms with Gasteiger partial charge in [0.15, 0.2) is 0 Å². The topological polar surface area (TPSA) is 64.4 Å². The second kappa shape index (κ2) is 7.74. The first kappa shape index (κ1) is 18.6. The van der Waals surface area contributed by atoms with Crippen molar-refractivity contribution < 1.29 is 18.3 Å². The molecule has 1 saturated carbocycles. The van der Waals surface area contributed by atoms with Crippen molar-refractivity contribution in [2.24, 2.45) is 5.73 Å². The predicted molar refractivity (Wildman–Crippen MR) is 83.9 cm³/mol. The molecule has 3 N–H and O–H groups in total. The van der Waals surface area contributed by atoms with Crippen molar-refractivity contribution in [1.82, 2.24) is 0 Å². The number of rotatable bonds is 5. The zero-order valence-corrected chi connectivity index (χ0v) is 13.2. The summed E-state index contributed by atoms with van der Waals surface area (Å²) in [5.74, 6) is 0.106. The molecule has 4 nitrogen and oxygen atoms in total. The van der Waals surface area contributed by atoms with Gasteiger partial charge in [0, 0.05) is 11.8 Å². The van der Waals surface area contributed by atoms with E-state index in [0.717, 1.165) is 18.4 Å². The summed E-state index contributed by atoms with van der Waals surface area (Å²) in [6.07, 6.45) is 0.688. The highest BCUT2D eigenvalue weighted by atomic mass is 35.5. The number of halogens is 3. The Hall–Kier alpha value is -1.40. The van der Waals surface area contributed by atoms with Gasteiger partial charge in [0.2, 0.25) is 5.91 Å². The molecule has 0 saturated heterocycles. The first-order valence-corrected chi connectivity index (χ1v) is 7.03. The molecule has 0 unspecified atom stereocenters. The Bertz CT molecular complexity index is 520. The number of benzene rings is 1. The lowest BCUT2D eigenvalue weighted by Crippen LogP contribution is -2.48. The minimum atomic E-state index is -2.53. The van der Waals surface area contributed by atoms with Crippen LogP contribution in [0.1, 0.15) is 31.2 Å². The number of alkyl halides is 2. The summed E-state index contributed by atoms with van der Waals surface area (Å²) in [6, 6.07) is 4.98. The number of ether oxygens (including phenoxy) is 1. The molecule has 7 heteroatoms. The summed E-state index contributed by atoms with van der Waals surface area (Å²) in [4.78, 5) is 12.2. The molecule has 1 aromatic carbocycles. The Morgan fingerprint density at radius 3 is 2.64 bits per heavy atom. The molecular formula is C15H21ClF2N2O2. The van der Waals surface area contributed by atoms with Gasteiger partial charge in [-0.15, -0.1) is 12.4 Å². The van der Waals surface area contributed by atoms with Gasteiger partial charge in [0.25, 0.3) is 6.43 Å². The van der Waals surface area contributed by atoms with Gasteiger partial charge in [-0.1, -0.05) is 18.9 Å². The van der Waals surface area contributed by atoms with Gasteiger partial charge in [0.1, 0.15) is 12.4 Å². The highest BCUT2D eigenvalue weighted by Gasteiger charge is 2.36. The molecule has 0 aliphatic heterocycles. The monoisotopic (exact) mass is 334 g/mol. The van der Waals surface area contributed by atoms with Gasteiger partial charge in [-0.05, 0) is 31.4 Å². The molecule has 0 bridgehead atoms. The quantitative estimate of drug-likeness (QED) is 0.868. The average molecular weight is 335 g/mol. The van der Waals surface area contributed by atoms with Crippen molar-refractivity contribution in [3.05, 3.63) is 23.8 Å². The van der Waals surface area contributed by atoms with E-state index in [-0.39, 0.29) is 18.3 Å². The first-order chi connectivity index (χ1) is 9.90. The molecule has 0 spiro atoms. The van der Waals surface area contributed by atoms with Gasteiger partial charge >= 0.3 is 0 Å². The van der Waals surface area contributed by atoms with E-state index >= 15 is 0 Å². The molecule has 0 heterocycles. The molecule has 0 radical (unpaired) electrons. The number of anilines is 1. The third-order valence-electron chi connectivity index (χ3n) is 3.76. The molecule has 0 aromatic heterocycles. The lowest BCUT2D eigenvalue weighted by Gasteiger charge is -2.22. The van der Waals surface area contributed by atoms with Crippen molar-refractivity contribution in [3.63, 3.8) is 0 Å². The summed E-state index contributed by atoms with van der Waals surface area (Å²) in [5.41, 5.74) is 6.49. The summed E-state index contributed by atoms with van der Waals surface area (Å²) in [5, 5.41) is 2.75. The average Bonchev–Trinajstić information content (AvgIpc) is 2.87. The largest absolute Gasteiger partial charge is 0.487 e. The van der Waals surface area contributed by atoms with Crippen LogP contribution in [0.25, 0.3) is 0 Å². The second-order valence-corrected chi connectivity index (χ2v) is 5.50. The van der Waals surface area contributed by atoms with Crippen molar-refractivity contribution in [1.29, 1.82) is 0 Å². The third kappa shape index (κ3) is 4.55. The molecular weight excluding hydrogens is 314 g/mol. The summed E-state index contributed by atoms with van der Waals surface area (Å²) in [7, 11) is 0. The van der Waals surface area contributed by atoms with Crippen molar-refractivity contribution in [2.45, 2.75) is 44.6 Å². The number of hydrogen-bond donors (Lipinski definition) is 2. The van der Waals surface area contributed by atoms with Crippen LogP contribution in [-0.2, 0) is 4.79 Å². The van der Waals surface area contributed by atoms with Crippen LogP contribution in [0.2, 0.25) is 0 Å². The minimum absolute atomic E-state index is 0. The summed E-state index contributed by atoms with van der Waals surface area (Å²) >= 11 is 0. The molecule has 1 aliphatic carbocycles. The minimum Gasteiger partial charge on any atom is -0.487 e. The van der Waals surface area contributed by atoms with Crippen molar-refractivity contribution in [2.75, 3.05) is 11.9 Å². The summed E-state index contributed by atoms with van der Waals surface area (Å²) in [6.45, 7) is 1.09. The van der Waals surface area contributed by atoms with Crippen LogP contribution >= 0.6 is 12.4 Å². The molecule has 1 fully saturated rings. The van der Waals surface area contributed by atoms with Gasteiger partial charge in [0.05, 0.1) is 5.54 Å². The Morgan fingerprint density at radius 2 is 2.05 bits per heavy atom. The zero-order valence-electron chi connectivity index (χ0n) is 12.4. The van der Waals surface area contributed by atoms with Crippen molar-refractivity contribution >= 4 is 24.0 Å². The van der Waals surface area contributed by atoms with Crippen LogP contribution in [0.15, 0.2) is 18.2 Å². The van der Waals surface area contributed by atoms with Crippen LogP contribution < -0.4 is 15.8 Å². The number of nitrogens with one attached hydrogen (secondary N) is 1. The van der Waals surface area contributed by atoms with E-state index in [1.807, 2.05) is 0 Å². The molecule has 22 heavy (non-hydrogen) atoms. The van der Waals surface area contributed by atoms with Crippen LogP contribution in [0, 0.1) is 6.92 Å². The SMILES string of the molecule is Cc1ccc(NC(=O)C2(N)CCCC2)cc1OCC(F)F.Cl. The number of amides is 1.